The molecule has 0 aliphatic rings. The van der Waals surface area contributed by atoms with Gasteiger partial charge in [-0.25, -0.2) is 4.98 Å². The van der Waals surface area contributed by atoms with E-state index < -0.39 is 0 Å². The third kappa shape index (κ3) is 3.60. The zero-order chi connectivity index (χ0) is 12.8. The summed E-state index contributed by atoms with van der Waals surface area (Å²) in [4.78, 5) is 6.51. The van der Waals surface area contributed by atoms with Crippen molar-refractivity contribution in [3.63, 3.8) is 0 Å². The maximum Gasteiger partial charge on any atom is 0.203 e. The minimum absolute atomic E-state index is 0.805. The number of aromatic nitrogens is 2. The number of likely N-dealkylation sites (N-methyl/N-ethyl adjacent to an activating group) is 1. The number of hydrogen-bond acceptors (Lipinski definition) is 3. The predicted molar refractivity (Wildman–Crippen MR) is 74.5 cm³/mol. The minimum atomic E-state index is 0.805. The second-order valence-corrected chi connectivity index (χ2v) is 4.59. The molecule has 1 N–H and O–H groups in total. The summed E-state index contributed by atoms with van der Waals surface area (Å²) in [6, 6.07) is 10.4. The Hall–Kier alpha value is -1.81. The summed E-state index contributed by atoms with van der Waals surface area (Å²) >= 11 is 0. The Morgan fingerprint density at radius 3 is 2.72 bits per heavy atom. The lowest BCUT2D eigenvalue weighted by Gasteiger charge is -2.13. The Bertz CT molecular complexity index is 462. The largest absolute Gasteiger partial charge is 0.352 e. The summed E-state index contributed by atoms with van der Waals surface area (Å²) in [7, 11) is 4.15. The maximum atomic E-state index is 4.34. The first kappa shape index (κ1) is 12.6. The molecule has 18 heavy (non-hydrogen) atoms. The summed E-state index contributed by atoms with van der Waals surface area (Å²) in [5.74, 6) is 0.931. The van der Waals surface area contributed by atoms with Gasteiger partial charge in [0.25, 0.3) is 0 Å². The molecule has 0 bridgehead atoms. The summed E-state index contributed by atoms with van der Waals surface area (Å²) in [6.07, 6.45) is 3.85. The molecule has 4 heteroatoms. The molecule has 1 aromatic carbocycles. The van der Waals surface area contributed by atoms with Gasteiger partial charge in [-0.2, -0.15) is 0 Å². The number of nitrogens with one attached hydrogen (secondary N) is 1. The number of benzene rings is 1. The number of imidazole rings is 1. The highest BCUT2D eigenvalue weighted by Gasteiger charge is 2.02. The van der Waals surface area contributed by atoms with Crippen molar-refractivity contribution in [2.45, 2.75) is 13.1 Å². The van der Waals surface area contributed by atoms with E-state index in [0.717, 1.165) is 25.6 Å². The van der Waals surface area contributed by atoms with Gasteiger partial charge < -0.3 is 14.8 Å². The van der Waals surface area contributed by atoms with E-state index in [2.05, 4.69) is 58.1 Å². The van der Waals surface area contributed by atoms with Crippen LogP contribution in [0.5, 0.6) is 0 Å². The Morgan fingerprint density at radius 1 is 1.22 bits per heavy atom. The average Bonchev–Trinajstić information content (AvgIpc) is 2.82. The fourth-order valence-electron chi connectivity index (χ4n) is 1.74. The highest BCUT2D eigenvalue weighted by atomic mass is 15.2. The zero-order valence-corrected chi connectivity index (χ0v) is 11.0. The van der Waals surface area contributed by atoms with Crippen LogP contribution in [0.4, 0.5) is 5.95 Å². The van der Waals surface area contributed by atoms with Crippen LogP contribution < -0.4 is 5.32 Å². The molecule has 96 valence electrons. The topological polar surface area (TPSA) is 33.1 Å². The van der Waals surface area contributed by atoms with E-state index in [1.807, 2.05) is 18.5 Å². The van der Waals surface area contributed by atoms with Gasteiger partial charge in [0, 0.05) is 32.0 Å². The highest BCUT2D eigenvalue weighted by Crippen LogP contribution is 2.07. The van der Waals surface area contributed by atoms with Crippen molar-refractivity contribution in [1.29, 1.82) is 0 Å². The molecule has 0 radical (unpaired) electrons. The Morgan fingerprint density at radius 2 is 2.00 bits per heavy atom. The van der Waals surface area contributed by atoms with Crippen LogP contribution in [0.1, 0.15) is 5.56 Å². The first-order chi connectivity index (χ1) is 8.75. The molecule has 1 heterocycles. The van der Waals surface area contributed by atoms with Gasteiger partial charge in [-0.15, -0.1) is 0 Å². The van der Waals surface area contributed by atoms with E-state index in [0.29, 0.717) is 0 Å². The first-order valence-corrected chi connectivity index (χ1v) is 6.19. The minimum Gasteiger partial charge on any atom is -0.352 e. The van der Waals surface area contributed by atoms with Crippen LogP contribution in [0.2, 0.25) is 0 Å². The quantitative estimate of drug-likeness (QED) is 0.844. The van der Waals surface area contributed by atoms with Crippen LogP contribution in [0.15, 0.2) is 42.7 Å². The molecule has 0 aliphatic heterocycles. The zero-order valence-electron chi connectivity index (χ0n) is 11.0. The van der Waals surface area contributed by atoms with Crippen LogP contribution in [-0.2, 0) is 13.1 Å². The van der Waals surface area contributed by atoms with Crippen LogP contribution in [0.3, 0.4) is 0 Å². The molecule has 4 nitrogen and oxygen atoms in total. The van der Waals surface area contributed by atoms with Crippen LogP contribution in [-0.4, -0.2) is 35.1 Å². The van der Waals surface area contributed by atoms with Crippen molar-refractivity contribution >= 4 is 5.95 Å². The van der Waals surface area contributed by atoms with E-state index in [1.165, 1.54) is 5.56 Å². The Balaban J connectivity index is 1.91. The number of rotatable bonds is 6. The van der Waals surface area contributed by atoms with Gasteiger partial charge in [0.1, 0.15) is 0 Å². The van der Waals surface area contributed by atoms with Crippen molar-refractivity contribution in [3.05, 3.63) is 48.3 Å². The third-order valence-corrected chi connectivity index (χ3v) is 2.80. The molecule has 0 aliphatic carbocycles. The average molecular weight is 244 g/mol. The molecule has 0 fully saturated rings. The SMILES string of the molecule is CN(C)CCn1ccnc1NCc1ccccc1. The second kappa shape index (κ2) is 6.21. The van der Waals surface area contributed by atoms with Crippen LogP contribution in [0.25, 0.3) is 0 Å². The number of hydrogen-bond donors (Lipinski definition) is 1. The Kier molecular flexibility index (Phi) is 4.36. The van der Waals surface area contributed by atoms with Gasteiger partial charge in [0.05, 0.1) is 0 Å². The molecule has 0 spiro atoms. The summed E-state index contributed by atoms with van der Waals surface area (Å²) in [5.41, 5.74) is 1.26. The van der Waals surface area contributed by atoms with E-state index in [-0.39, 0.29) is 0 Å². The molecular formula is C14H20N4. The van der Waals surface area contributed by atoms with Gasteiger partial charge in [-0.05, 0) is 19.7 Å². The molecule has 0 atom stereocenters. The smallest absolute Gasteiger partial charge is 0.203 e. The van der Waals surface area contributed by atoms with Gasteiger partial charge in [0.15, 0.2) is 0 Å². The predicted octanol–water partition coefficient (Wildman–Crippen LogP) is 2.06. The van der Waals surface area contributed by atoms with Gasteiger partial charge >= 0.3 is 0 Å². The van der Waals surface area contributed by atoms with Gasteiger partial charge in [0.2, 0.25) is 5.95 Å². The maximum absolute atomic E-state index is 4.34. The van der Waals surface area contributed by atoms with E-state index >= 15 is 0 Å². The summed E-state index contributed by atoms with van der Waals surface area (Å²) in [6.45, 7) is 2.76. The van der Waals surface area contributed by atoms with Crippen LogP contribution in [0, 0.1) is 0 Å². The van der Waals surface area contributed by atoms with E-state index in [1.54, 1.807) is 0 Å². The van der Waals surface area contributed by atoms with Crippen molar-refractivity contribution in [2.75, 3.05) is 26.0 Å². The molecule has 1 aromatic heterocycles. The van der Waals surface area contributed by atoms with Crippen molar-refractivity contribution in [3.8, 4) is 0 Å². The molecular weight excluding hydrogens is 224 g/mol. The molecule has 2 rings (SSSR count). The molecule has 0 saturated carbocycles. The molecule has 0 saturated heterocycles. The van der Waals surface area contributed by atoms with Crippen molar-refractivity contribution < 1.29 is 0 Å². The van der Waals surface area contributed by atoms with E-state index in [9.17, 15) is 0 Å². The van der Waals surface area contributed by atoms with E-state index in [4.69, 9.17) is 0 Å². The second-order valence-electron chi connectivity index (χ2n) is 4.59. The first-order valence-electron chi connectivity index (χ1n) is 6.19. The third-order valence-electron chi connectivity index (χ3n) is 2.80. The normalized spacial score (nSPS) is 10.8. The Labute approximate surface area is 108 Å². The fraction of sp³-hybridized carbons (Fsp3) is 0.357. The fourth-order valence-corrected chi connectivity index (χ4v) is 1.74. The van der Waals surface area contributed by atoms with Crippen LogP contribution >= 0.6 is 0 Å². The molecule has 2 aromatic rings. The number of nitrogens with zero attached hydrogens (tertiary/aromatic N) is 3. The number of anilines is 1. The van der Waals surface area contributed by atoms with Crippen molar-refractivity contribution in [2.24, 2.45) is 0 Å². The summed E-state index contributed by atoms with van der Waals surface area (Å²) < 4.78 is 2.14. The lowest BCUT2D eigenvalue weighted by atomic mass is 10.2. The van der Waals surface area contributed by atoms with Crippen molar-refractivity contribution in [1.82, 2.24) is 14.5 Å². The standard InChI is InChI=1S/C14H20N4/c1-17(2)10-11-18-9-8-15-14(18)16-12-13-6-4-3-5-7-13/h3-9H,10-12H2,1-2H3,(H,15,16). The lowest BCUT2D eigenvalue weighted by Crippen LogP contribution is -2.19. The molecule has 0 unspecified atom stereocenters. The highest BCUT2D eigenvalue weighted by molar-refractivity contribution is 5.28. The monoisotopic (exact) mass is 244 g/mol. The van der Waals surface area contributed by atoms with Gasteiger partial charge in [-0.1, -0.05) is 30.3 Å². The molecule has 0 amide bonds. The summed E-state index contributed by atoms with van der Waals surface area (Å²) in [5, 5.41) is 3.37. The van der Waals surface area contributed by atoms with Gasteiger partial charge in [-0.3, -0.25) is 0 Å². The lowest BCUT2D eigenvalue weighted by molar-refractivity contribution is 0.385.